The lowest BCUT2D eigenvalue weighted by Crippen LogP contribution is -2.31. The molecule has 6 nitrogen and oxygen atoms in total. The third-order valence-electron chi connectivity index (χ3n) is 5.80. The molecule has 0 aliphatic carbocycles. The predicted molar refractivity (Wildman–Crippen MR) is 136 cm³/mol. The standard InChI is InChI=1S/C26H36N4O2.ClH/c1-25(2,3)19-11-17(12-20(23(19)32)26(4,5)6)21(31)15-30-13-16-9-10-18(14-29(7)8)28-22(16)24(30)27;/h9-12,27,32H,13-15H2,1-8H3;1H. The largest absolute Gasteiger partial charge is 0.507 e. The molecule has 0 unspecified atom stereocenters. The molecule has 1 aliphatic heterocycles. The molecule has 2 aromatic rings. The van der Waals surface area contributed by atoms with Crippen LogP contribution >= 0.6 is 12.4 Å². The number of nitrogens with one attached hydrogen (secondary N) is 1. The second-order valence-electron chi connectivity index (χ2n) is 11.1. The second kappa shape index (κ2) is 9.43. The van der Waals surface area contributed by atoms with Crippen molar-refractivity contribution in [2.75, 3.05) is 20.6 Å². The van der Waals surface area contributed by atoms with Gasteiger partial charge in [0.25, 0.3) is 0 Å². The maximum Gasteiger partial charge on any atom is 0.182 e. The highest BCUT2D eigenvalue weighted by Gasteiger charge is 2.31. The van der Waals surface area contributed by atoms with Gasteiger partial charge in [0.2, 0.25) is 0 Å². The number of hydrogen-bond donors (Lipinski definition) is 2. The fraction of sp³-hybridized carbons (Fsp3) is 0.500. The summed E-state index contributed by atoms with van der Waals surface area (Å²) < 4.78 is 0. The molecule has 1 aromatic carbocycles. The summed E-state index contributed by atoms with van der Waals surface area (Å²) in [6.07, 6.45) is 0. The lowest BCUT2D eigenvalue weighted by atomic mass is 9.78. The number of fused-ring (bicyclic) bond motifs is 1. The Morgan fingerprint density at radius 1 is 1.09 bits per heavy atom. The van der Waals surface area contributed by atoms with E-state index in [1.165, 1.54) is 0 Å². The first-order valence-corrected chi connectivity index (χ1v) is 11.1. The van der Waals surface area contributed by atoms with Crippen LogP contribution in [0, 0.1) is 5.41 Å². The molecule has 0 atom stereocenters. The van der Waals surface area contributed by atoms with Gasteiger partial charge in [-0.3, -0.25) is 10.2 Å². The molecule has 7 heteroatoms. The number of pyridine rings is 1. The second-order valence-corrected chi connectivity index (χ2v) is 11.1. The molecule has 1 aromatic heterocycles. The average Bonchev–Trinajstić information content (AvgIpc) is 2.95. The first kappa shape index (κ1) is 26.8. The number of phenolic OH excluding ortho intramolecular Hbond substituents is 1. The van der Waals surface area contributed by atoms with E-state index in [9.17, 15) is 9.90 Å². The molecular formula is C26H37ClN4O2. The molecule has 33 heavy (non-hydrogen) atoms. The van der Waals surface area contributed by atoms with Crippen molar-refractivity contribution in [2.45, 2.75) is 65.5 Å². The molecule has 0 saturated heterocycles. The smallest absolute Gasteiger partial charge is 0.182 e. The minimum absolute atomic E-state index is 0. The van der Waals surface area contributed by atoms with Gasteiger partial charge in [-0.05, 0) is 43.1 Å². The number of ketones is 1. The van der Waals surface area contributed by atoms with E-state index in [2.05, 4.69) is 4.98 Å². The Bertz CT molecular complexity index is 1030. The first-order valence-electron chi connectivity index (χ1n) is 11.1. The van der Waals surface area contributed by atoms with E-state index in [1.54, 1.807) is 4.90 Å². The molecule has 1 aliphatic rings. The zero-order valence-electron chi connectivity index (χ0n) is 21.0. The van der Waals surface area contributed by atoms with Crippen LogP contribution in [0.5, 0.6) is 5.75 Å². The number of aromatic hydroxyl groups is 1. The van der Waals surface area contributed by atoms with Crippen LogP contribution in [0.15, 0.2) is 24.3 Å². The summed E-state index contributed by atoms with van der Waals surface area (Å²) in [5.41, 5.74) is 4.05. The van der Waals surface area contributed by atoms with Crippen LogP contribution in [0.1, 0.15) is 80.0 Å². The Kier molecular flexibility index (Phi) is 7.66. The molecule has 0 amide bonds. The summed E-state index contributed by atoms with van der Waals surface area (Å²) in [6.45, 7) is 13.5. The van der Waals surface area contributed by atoms with Crippen molar-refractivity contribution in [3.8, 4) is 5.75 Å². The van der Waals surface area contributed by atoms with Gasteiger partial charge in [-0.1, -0.05) is 47.6 Å². The van der Waals surface area contributed by atoms with Gasteiger partial charge in [0, 0.05) is 35.3 Å². The maximum absolute atomic E-state index is 13.3. The molecule has 0 bridgehead atoms. The monoisotopic (exact) mass is 472 g/mol. The Morgan fingerprint density at radius 2 is 1.64 bits per heavy atom. The first-order chi connectivity index (χ1) is 14.7. The number of carbonyl (C=O) groups excluding carboxylic acids is 1. The SMILES string of the molecule is CN(C)Cc1ccc2c(n1)C(=N)N(CC(=O)c1cc(C(C)(C)C)c(O)c(C(C)(C)C)c1)C2.Cl. The summed E-state index contributed by atoms with van der Waals surface area (Å²) in [7, 11) is 3.97. The van der Waals surface area contributed by atoms with Crippen LogP contribution in [0.25, 0.3) is 0 Å². The number of benzene rings is 1. The number of rotatable bonds is 5. The Balaban J connectivity index is 0.00000385. The van der Waals surface area contributed by atoms with E-state index in [0.717, 1.165) is 22.4 Å². The van der Waals surface area contributed by atoms with E-state index >= 15 is 0 Å². The van der Waals surface area contributed by atoms with Crippen LogP contribution in [-0.2, 0) is 23.9 Å². The molecule has 2 heterocycles. The fourth-order valence-corrected chi connectivity index (χ4v) is 4.05. The normalized spacial score (nSPS) is 13.8. The third kappa shape index (κ3) is 5.74. The van der Waals surface area contributed by atoms with Gasteiger partial charge in [-0.25, -0.2) is 4.98 Å². The zero-order valence-corrected chi connectivity index (χ0v) is 21.9. The van der Waals surface area contributed by atoms with E-state index in [-0.39, 0.29) is 41.3 Å². The summed E-state index contributed by atoms with van der Waals surface area (Å²) >= 11 is 0. The average molecular weight is 473 g/mol. The Hall–Kier alpha value is -2.44. The zero-order chi connectivity index (χ0) is 24.0. The van der Waals surface area contributed by atoms with Gasteiger partial charge in [0.1, 0.15) is 17.3 Å². The van der Waals surface area contributed by atoms with Crippen LogP contribution in [-0.4, -0.2) is 52.1 Å². The summed E-state index contributed by atoms with van der Waals surface area (Å²) in [4.78, 5) is 21.8. The lowest BCUT2D eigenvalue weighted by molar-refractivity contribution is 0.0962. The minimum atomic E-state index is -0.302. The number of Topliss-reactive ketones (excluding diaryl/α,β-unsaturated/α-hetero) is 1. The molecule has 0 fully saturated rings. The highest BCUT2D eigenvalue weighted by molar-refractivity contribution is 6.04. The Morgan fingerprint density at radius 3 is 2.12 bits per heavy atom. The highest BCUT2D eigenvalue weighted by Crippen LogP contribution is 2.40. The van der Waals surface area contributed by atoms with Crippen LogP contribution in [0.4, 0.5) is 0 Å². The molecule has 0 saturated carbocycles. The summed E-state index contributed by atoms with van der Waals surface area (Å²) in [5, 5.41) is 19.5. The predicted octanol–water partition coefficient (Wildman–Crippen LogP) is 4.89. The van der Waals surface area contributed by atoms with Gasteiger partial charge in [-0.15, -0.1) is 12.4 Å². The summed E-state index contributed by atoms with van der Waals surface area (Å²) in [6, 6.07) is 7.62. The Labute approximate surface area is 203 Å². The van der Waals surface area contributed by atoms with E-state index in [4.69, 9.17) is 5.41 Å². The van der Waals surface area contributed by atoms with Crippen LogP contribution in [0.2, 0.25) is 0 Å². The van der Waals surface area contributed by atoms with Crippen LogP contribution < -0.4 is 0 Å². The molecule has 0 spiro atoms. The van der Waals surface area contributed by atoms with E-state index in [1.807, 2.05) is 84.8 Å². The van der Waals surface area contributed by atoms with Crippen molar-refractivity contribution in [1.29, 1.82) is 5.41 Å². The highest BCUT2D eigenvalue weighted by atomic mass is 35.5. The molecule has 0 radical (unpaired) electrons. The number of halogens is 1. The lowest BCUT2D eigenvalue weighted by Gasteiger charge is -2.28. The van der Waals surface area contributed by atoms with E-state index in [0.29, 0.717) is 30.2 Å². The number of hydrogen-bond acceptors (Lipinski definition) is 5. The van der Waals surface area contributed by atoms with Gasteiger partial charge in [0.05, 0.1) is 12.2 Å². The quantitative estimate of drug-likeness (QED) is 0.605. The van der Waals surface area contributed by atoms with E-state index < -0.39 is 0 Å². The van der Waals surface area contributed by atoms with Crippen molar-refractivity contribution in [3.63, 3.8) is 0 Å². The van der Waals surface area contributed by atoms with Gasteiger partial charge in [-0.2, -0.15) is 0 Å². The fourth-order valence-electron chi connectivity index (χ4n) is 4.05. The van der Waals surface area contributed by atoms with Crippen LogP contribution in [0.3, 0.4) is 0 Å². The maximum atomic E-state index is 13.3. The number of amidine groups is 1. The van der Waals surface area contributed by atoms with Gasteiger partial charge >= 0.3 is 0 Å². The van der Waals surface area contributed by atoms with Gasteiger partial charge in [0.15, 0.2) is 5.78 Å². The van der Waals surface area contributed by atoms with Crippen molar-refractivity contribution < 1.29 is 9.90 Å². The summed E-state index contributed by atoms with van der Waals surface area (Å²) in [5.74, 6) is 0.493. The molecule has 180 valence electrons. The number of carbonyl (C=O) groups is 1. The van der Waals surface area contributed by atoms with Crippen molar-refractivity contribution >= 4 is 24.0 Å². The minimum Gasteiger partial charge on any atom is -0.507 e. The van der Waals surface area contributed by atoms with Gasteiger partial charge < -0.3 is 14.9 Å². The topological polar surface area (TPSA) is 80.5 Å². The number of nitrogens with zero attached hydrogens (tertiary/aromatic N) is 3. The molecule has 3 rings (SSSR count). The molecular weight excluding hydrogens is 436 g/mol. The van der Waals surface area contributed by atoms with Crippen molar-refractivity contribution in [1.82, 2.24) is 14.8 Å². The third-order valence-corrected chi connectivity index (χ3v) is 5.80. The number of aromatic nitrogens is 1. The van der Waals surface area contributed by atoms with Crippen molar-refractivity contribution in [2.24, 2.45) is 0 Å². The number of phenols is 1. The van der Waals surface area contributed by atoms with Crippen molar-refractivity contribution in [3.05, 3.63) is 57.9 Å². The molecule has 2 N–H and O–H groups in total.